The number of anilines is 2. The predicted molar refractivity (Wildman–Crippen MR) is 124 cm³/mol. The molecule has 0 unspecified atom stereocenters. The van der Waals surface area contributed by atoms with Gasteiger partial charge in [-0.2, -0.15) is 0 Å². The standard InChI is InChI=1S/C25H27N3O2/c1-6-24(29)26-21-12-11-19(13-18-9-7-17(2)8-10-18)22(15-21)20-14-23(27(3)4)25(30)28(5)16-20/h6-12,14-16H,1,13H2,2-5H3,(H,26,29). The van der Waals surface area contributed by atoms with Gasteiger partial charge in [-0.05, 0) is 54.3 Å². The van der Waals surface area contributed by atoms with Gasteiger partial charge in [0.15, 0.2) is 0 Å². The van der Waals surface area contributed by atoms with Gasteiger partial charge in [-0.25, -0.2) is 0 Å². The molecule has 0 fully saturated rings. The quantitative estimate of drug-likeness (QED) is 0.632. The number of rotatable bonds is 6. The molecule has 154 valence electrons. The molecule has 0 saturated heterocycles. The van der Waals surface area contributed by atoms with Crippen molar-refractivity contribution in [3.8, 4) is 11.1 Å². The minimum atomic E-state index is -0.262. The smallest absolute Gasteiger partial charge is 0.273 e. The summed E-state index contributed by atoms with van der Waals surface area (Å²) in [5.41, 5.74) is 6.64. The van der Waals surface area contributed by atoms with Crippen molar-refractivity contribution < 1.29 is 4.79 Å². The molecular weight excluding hydrogens is 374 g/mol. The Balaban J connectivity index is 2.14. The van der Waals surface area contributed by atoms with E-state index in [9.17, 15) is 9.59 Å². The second-order valence-electron chi connectivity index (χ2n) is 7.65. The SMILES string of the molecule is C=CC(=O)Nc1ccc(Cc2ccc(C)cc2)c(-c2cc(N(C)C)c(=O)n(C)c2)c1. The number of pyridine rings is 1. The zero-order valence-electron chi connectivity index (χ0n) is 17.9. The number of aromatic nitrogens is 1. The van der Waals surface area contributed by atoms with Crippen LogP contribution in [0.2, 0.25) is 0 Å². The topological polar surface area (TPSA) is 54.3 Å². The van der Waals surface area contributed by atoms with E-state index >= 15 is 0 Å². The van der Waals surface area contributed by atoms with Crippen molar-refractivity contribution in [2.75, 3.05) is 24.3 Å². The average molecular weight is 402 g/mol. The van der Waals surface area contributed by atoms with Gasteiger partial charge >= 0.3 is 0 Å². The van der Waals surface area contributed by atoms with E-state index in [0.717, 1.165) is 23.1 Å². The predicted octanol–water partition coefficient (Wildman–Crippen LogP) is 4.14. The van der Waals surface area contributed by atoms with Gasteiger partial charge in [0.1, 0.15) is 5.69 Å². The number of carbonyl (C=O) groups excluding carboxylic acids is 1. The Morgan fingerprint density at radius 2 is 1.83 bits per heavy atom. The van der Waals surface area contributed by atoms with Gasteiger partial charge in [0, 0.05) is 38.6 Å². The lowest BCUT2D eigenvalue weighted by Crippen LogP contribution is -2.25. The van der Waals surface area contributed by atoms with E-state index < -0.39 is 0 Å². The van der Waals surface area contributed by atoms with Crippen LogP contribution < -0.4 is 15.8 Å². The first-order valence-corrected chi connectivity index (χ1v) is 9.78. The third-order valence-electron chi connectivity index (χ3n) is 5.04. The largest absolute Gasteiger partial charge is 0.373 e. The molecular formula is C25H27N3O2. The van der Waals surface area contributed by atoms with Crippen LogP contribution in [0.3, 0.4) is 0 Å². The Labute approximate surface area is 177 Å². The molecule has 0 saturated carbocycles. The number of carbonyl (C=O) groups is 1. The summed E-state index contributed by atoms with van der Waals surface area (Å²) < 4.78 is 1.59. The second kappa shape index (κ2) is 8.82. The van der Waals surface area contributed by atoms with Crippen LogP contribution in [-0.4, -0.2) is 24.6 Å². The summed E-state index contributed by atoms with van der Waals surface area (Å²) in [6.07, 6.45) is 3.82. The minimum Gasteiger partial charge on any atom is -0.373 e. The second-order valence-corrected chi connectivity index (χ2v) is 7.65. The van der Waals surface area contributed by atoms with Crippen LogP contribution >= 0.6 is 0 Å². The van der Waals surface area contributed by atoms with Gasteiger partial charge in [-0.1, -0.05) is 42.5 Å². The Kier molecular flexibility index (Phi) is 6.21. The van der Waals surface area contributed by atoms with Crippen molar-refractivity contribution in [1.29, 1.82) is 0 Å². The molecule has 3 aromatic rings. The van der Waals surface area contributed by atoms with Gasteiger partial charge < -0.3 is 14.8 Å². The lowest BCUT2D eigenvalue weighted by atomic mass is 9.94. The van der Waals surface area contributed by atoms with Crippen molar-refractivity contribution in [2.45, 2.75) is 13.3 Å². The Hall–Kier alpha value is -3.60. The van der Waals surface area contributed by atoms with E-state index in [1.54, 1.807) is 11.6 Å². The molecule has 0 aliphatic rings. The Bertz CT molecular complexity index is 1140. The number of aryl methyl sites for hydroxylation is 2. The molecule has 0 spiro atoms. The lowest BCUT2D eigenvalue weighted by Gasteiger charge is -2.18. The maximum absolute atomic E-state index is 12.5. The van der Waals surface area contributed by atoms with E-state index in [1.165, 1.54) is 17.2 Å². The fourth-order valence-corrected chi connectivity index (χ4v) is 3.36. The average Bonchev–Trinajstić information content (AvgIpc) is 2.72. The van der Waals surface area contributed by atoms with E-state index in [0.29, 0.717) is 11.4 Å². The molecule has 1 N–H and O–H groups in total. The first-order valence-electron chi connectivity index (χ1n) is 9.78. The summed E-state index contributed by atoms with van der Waals surface area (Å²) in [4.78, 5) is 26.1. The summed E-state index contributed by atoms with van der Waals surface area (Å²) in [6, 6.07) is 16.2. The number of nitrogens with zero attached hydrogens (tertiary/aromatic N) is 2. The summed E-state index contributed by atoms with van der Waals surface area (Å²) in [7, 11) is 5.46. The summed E-state index contributed by atoms with van der Waals surface area (Å²) in [6.45, 7) is 5.58. The normalized spacial score (nSPS) is 10.5. The Morgan fingerprint density at radius 3 is 2.47 bits per heavy atom. The maximum Gasteiger partial charge on any atom is 0.273 e. The molecule has 1 heterocycles. The van der Waals surface area contributed by atoms with Crippen LogP contribution in [0.4, 0.5) is 11.4 Å². The summed E-state index contributed by atoms with van der Waals surface area (Å²) in [5.74, 6) is -0.262. The lowest BCUT2D eigenvalue weighted by molar-refractivity contribution is -0.111. The van der Waals surface area contributed by atoms with Crippen LogP contribution in [0.1, 0.15) is 16.7 Å². The number of amides is 1. The van der Waals surface area contributed by atoms with Crippen LogP contribution in [-0.2, 0) is 18.3 Å². The van der Waals surface area contributed by atoms with Gasteiger partial charge in [0.05, 0.1) is 0 Å². The van der Waals surface area contributed by atoms with Crippen LogP contribution in [0.15, 0.2) is 72.2 Å². The number of hydrogen-bond donors (Lipinski definition) is 1. The molecule has 1 aromatic heterocycles. The molecule has 30 heavy (non-hydrogen) atoms. The highest BCUT2D eigenvalue weighted by Gasteiger charge is 2.13. The Morgan fingerprint density at radius 1 is 1.13 bits per heavy atom. The monoisotopic (exact) mass is 401 g/mol. The summed E-state index contributed by atoms with van der Waals surface area (Å²) >= 11 is 0. The molecule has 0 radical (unpaired) electrons. The highest BCUT2D eigenvalue weighted by molar-refractivity contribution is 5.99. The molecule has 5 nitrogen and oxygen atoms in total. The van der Waals surface area contributed by atoms with E-state index in [4.69, 9.17) is 0 Å². The van der Waals surface area contributed by atoms with Crippen molar-refractivity contribution in [1.82, 2.24) is 4.57 Å². The summed E-state index contributed by atoms with van der Waals surface area (Å²) in [5, 5.41) is 2.83. The highest BCUT2D eigenvalue weighted by Crippen LogP contribution is 2.30. The maximum atomic E-state index is 12.5. The van der Waals surface area contributed by atoms with Crippen molar-refractivity contribution in [3.05, 3.63) is 94.4 Å². The fourth-order valence-electron chi connectivity index (χ4n) is 3.36. The zero-order chi connectivity index (χ0) is 21.8. The third-order valence-corrected chi connectivity index (χ3v) is 5.04. The first kappa shape index (κ1) is 21.1. The van der Waals surface area contributed by atoms with E-state index in [-0.39, 0.29) is 11.5 Å². The van der Waals surface area contributed by atoms with Gasteiger partial charge in [-0.15, -0.1) is 0 Å². The molecule has 5 heteroatoms. The molecule has 0 aliphatic carbocycles. The number of hydrogen-bond acceptors (Lipinski definition) is 3. The molecule has 0 atom stereocenters. The molecule has 2 aromatic carbocycles. The molecule has 1 amide bonds. The van der Waals surface area contributed by atoms with Crippen molar-refractivity contribution >= 4 is 17.3 Å². The molecule has 0 bridgehead atoms. The molecule has 0 aliphatic heterocycles. The van der Waals surface area contributed by atoms with Gasteiger partial charge in [0.25, 0.3) is 5.56 Å². The van der Waals surface area contributed by atoms with E-state index in [1.807, 2.05) is 49.5 Å². The van der Waals surface area contributed by atoms with Crippen LogP contribution in [0.5, 0.6) is 0 Å². The zero-order valence-corrected chi connectivity index (χ0v) is 17.9. The first-order chi connectivity index (χ1) is 14.3. The third kappa shape index (κ3) is 4.69. The van der Waals surface area contributed by atoms with Crippen molar-refractivity contribution in [3.63, 3.8) is 0 Å². The van der Waals surface area contributed by atoms with Gasteiger partial charge in [0.2, 0.25) is 5.91 Å². The fraction of sp³-hybridized carbons (Fsp3) is 0.200. The van der Waals surface area contributed by atoms with Crippen LogP contribution in [0.25, 0.3) is 11.1 Å². The number of nitrogens with one attached hydrogen (secondary N) is 1. The van der Waals surface area contributed by atoms with Gasteiger partial charge in [-0.3, -0.25) is 9.59 Å². The number of benzene rings is 2. The van der Waals surface area contributed by atoms with Crippen LogP contribution in [0, 0.1) is 6.92 Å². The van der Waals surface area contributed by atoms with E-state index in [2.05, 4.69) is 43.1 Å². The highest BCUT2D eigenvalue weighted by atomic mass is 16.1. The molecule has 3 rings (SSSR count). The van der Waals surface area contributed by atoms with Crippen molar-refractivity contribution in [2.24, 2.45) is 7.05 Å². The minimum absolute atomic E-state index is 0.0556.